The van der Waals surface area contributed by atoms with E-state index in [1.807, 2.05) is 87.0 Å². The lowest BCUT2D eigenvalue weighted by Crippen LogP contribution is -2.41. The van der Waals surface area contributed by atoms with Crippen molar-refractivity contribution in [2.75, 3.05) is 26.9 Å². The van der Waals surface area contributed by atoms with Crippen molar-refractivity contribution < 1.29 is 23.7 Å². The van der Waals surface area contributed by atoms with Gasteiger partial charge in [0.25, 0.3) is 0 Å². The molecule has 0 unspecified atom stereocenters. The Labute approximate surface area is 194 Å². The molecule has 1 N–H and O–H groups in total. The SMILES string of the molecule is CCOc1cc(-c2ccc(OCCOC(=O)NC(C)(C)C)cc2)n(-c2ccc(OC)cc2)n1. The number of nitrogens with zero attached hydrogens (tertiary/aromatic N) is 2. The van der Waals surface area contributed by atoms with Crippen LogP contribution in [0.2, 0.25) is 0 Å². The first kappa shape index (κ1) is 24.0. The van der Waals surface area contributed by atoms with Crippen LogP contribution in [-0.4, -0.2) is 48.3 Å². The Kier molecular flexibility index (Phi) is 7.82. The number of alkyl carbamates (subject to hydrolysis) is 1. The van der Waals surface area contributed by atoms with Crippen molar-refractivity contribution in [3.05, 3.63) is 54.6 Å². The number of hydrogen-bond donors (Lipinski definition) is 1. The molecular weight excluding hydrogens is 422 g/mol. The fourth-order valence-electron chi connectivity index (χ4n) is 3.06. The summed E-state index contributed by atoms with van der Waals surface area (Å²) in [7, 11) is 1.64. The van der Waals surface area contributed by atoms with E-state index in [0.717, 1.165) is 22.7 Å². The number of rotatable bonds is 9. The van der Waals surface area contributed by atoms with Crippen molar-refractivity contribution in [2.45, 2.75) is 33.2 Å². The van der Waals surface area contributed by atoms with E-state index in [0.29, 0.717) is 18.2 Å². The summed E-state index contributed by atoms with van der Waals surface area (Å²) < 4.78 is 23.5. The standard InChI is InChI=1S/C25H31N3O5/c1-6-31-23-17-22(28(27-23)19-9-13-20(30-5)14-10-19)18-7-11-21(12-8-18)32-15-16-33-24(29)26-25(2,3)4/h7-14,17H,6,15-16H2,1-5H3,(H,26,29). The second-order valence-electron chi connectivity index (χ2n) is 8.29. The normalized spacial score (nSPS) is 11.1. The quantitative estimate of drug-likeness (QED) is 0.466. The van der Waals surface area contributed by atoms with Gasteiger partial charge >= 0.3 is 6.09 Å². The number of hydrogen-bond acceptors (Lipinski definition) is 6. The third-order valence-corrected chi connectivity index (χ3v) is 4.51. The van der Waals surface area contributed by atoms with Crippen LogP contribution in [-0.2, 0) is 4.74 Å². The fraction of sp³-hybridized carbons (Fsp3) is 0.360. The molecule has 3 aromatic rings. The molecule has 0 aliphatic carbocycles. The molecule has 8 nitrogen and oxygen atoms in total. The first-order valence-electron chi connectivity index (χ1n) is 10.8. The molecule has 8 heteroatoms. The molecule has 176 valence electrons. The predicted molar refractivity (Wildman–Crippen MR) is 126 cm³/mol. The van der Waals surface area contributed by atoms with Crippen LogP contribution in [0.5, 0.6) is 17.4 Å². The summed E-state index contributed by atoms with van der Waals surface area (Å²) in [5.41, 5.74) is 2.39. The monoisotopic (exact) mass is 453 g/mol. The van der Waals surface area contributed by atoms with Crippen molar-refractivity contribution in [1.29, 1.82) is 0 Å². The Bertz CT molecular complexity index is 1040. The third-order valence-electron chi connectivity index (χ3n) is 4.51. The summed E-state index contributed by atoms with van der Waals surface area (Å²) in [6, 6.07) is 17.2. The van der Waals surface area contributed by atoms with Crippen LogP contribution in [0.3, 0.4) is 0 Å². The summed E-state index contributed by atoms with van der Waals surface area (Å²) >= 11 is 0. The molecule has 1 aromatic heterocycles. The molecule has 0 saturated heterocycles. The van der Waals surface area contributed by atoms with Gasteiger partial charge in [-0.1, -0.05) is 0 Å². The average molecular weight is 454 g/mol. The highest BCUT2D eigenvalue weighted by atomic mass is 16.6. The molecule has 0 bridgehead atoms. The molecule has 0 aliphatic rings. The van der Waals surface area contributed by atoms with E-state index < -0.39 is 6.09 Å². The Morgan fingerprint density at radius 1 is 0.970 bits per heavy atom. The maximum atomic E-state index is 11.7. The van der Waals surface area contributed by atoms with Gasteiger partial charge in [-0.3, -0.25) is 0 Å². The lowest BCUT2D eigenvalue weighted by Gasteiger charge is -2.19. The van der Waals surface area contributed by atoms with E-state index in [1.165, 1.54) is 0 Å². The summed E-state index contributed by atoms with van der Waals surface area (Å²) in [5.74, 6) is 2.01. The summed E-state index contributed by atoms with van der Waals surface area (Å²) in [4.78, 5) is 11.7. The maximum Gasteiger partial charge on any atom is 0.407 e. The molecule has 0 spiro atoms. The first-order valence-corrected chi connectivity index (χ1v) is 10.8. The zero-order valence-corrected chi connectivity index (χ0v) is 19.8. The lowest BCUT2D eigenvalue weighted by atomic mass is 10.1. The minimum atomic E-state index is -0.460. The Morgan fingerprint density at radius 2 is 1.64 bits per heavy atom. The van der Waals surface area contributed by atoms with Gasteiger partial charge in [-0.2, -0.15) is 0 Å². The topological polar surface area (TPSA) is 83.8 Å². The van der Waals surface area contributed by atoms with Crippen LogP contribution in [0.1, 0.15) is 27.7 Å². The zero-order chi connectivity index (χ0) is 23.8. The summed E-state index contributed by atoms with van der Waals surface area (Å²) in [6.45, 7) is 8.55. The first-order chi connectivity index (χ1) is 15.8. The van der Waals surface area contributed by atoms with Gasteiger partial charge in [0.2, 0.25) is 5.88 Å². The van der Waals surface area contributed by atoms with Crippen molar-refractivity contribution in [3.8, 4) is 34.3 Å². The van der Waals surface area contributed by atoms with Gasteiger partial charge in [-0.15, -0.1) is 5.10 Å². The van der Waals surface area contributed by atoms with Crippen LogP contribution in [0.15, 0.2) is 54.6 Å². The van der Waals surface area contributed by atoms with Crippen LogP contribution in [0.4, 0.5) is 4.79 Å². The van der Waals surface area contributed by atoms with Crippen LogP contribution in [0.25, 0.3) is 16.9 Å². The van der Waals surface area contributed by atoms with Crippen molar-refractivity contribution in [2.24, 2.45) is 0 Å². The van der Waals surface area contributed by atoms with Gasteiger partial charge in [0.05, 0.1) is 25.1 Å². The number of carbonyl (C=O) groups is 1. The lowest BCUT2D eigenvalue weighted by molar-refractivity contribution is 0.118. The number of methoxy groups -OCH3 is 1. The second-order valence-corrected chi connectivity index (χ2v) is 8.29. The molecule has 2 aromatic carbocycles. The predicted octanol–water partition coefficient (Wildman–Crippen LogP) is 4.85. The van der Waals surface area contributed by atoms with Crippen molar-refractivity contribution >= 4 is 6.09 Å². The largest absolute Gasteiger partial charge is 0.497 e. The molecule has 0 radical (unpaired) electrons. The molecule has 33 heavy (non-hydrogen) atoms. The number of benzene rings is 2. The summed E-state index contributed by atoms with van der Waals surface area (Å²) in [6.07, 6.45) is -0.460. The molecule has 0 atom stereocenters. The highest BCUT2D eigenvalue weighted by Gasteiger charge is 2.15. The highest BCUT2D eigenvalue weighted by Crippen LogP contribution is 2.29. The van der Waals surface area contributed by atoms with E-state index in [2.05, 4.69) is 10.4 Å². The van der Waals surface area contributed by atoms with E-state index in [4.69, 9.17) is 18.9 Å². The molecule has 0 aliphatic heterocycles. The number of amides is 1. The van der Waals surface area contributed by atoms with Crippen molar-refractivity contribution in [1.82, 2.24) is 15.1 Å². The fourth-order valence-corrected chi connectivity index (χ4v) is 3.06. The Balaban J connectivity index is 1.67. The van der Waals surface area contributed by atoms with Crippen LogP contribution >= 0.6 is 0 Å². The maximum absolute atomic E-state index is 11.7. The molecular formula is C25H31N3O5. The van der Waals surface area contributed by atoms with E-state index >= 15 is 0 Å². The minimum Gasteiger partial charge on any atom is -0.497 e. The zero-order valence-electron chi connectivity index (χ0n) is 19.8. The highest BCUT2D eigenvalue weighted by molar-refractivity contribution is 5.68. The number of aromatic nitrogens is 2. The molecule has 3 rings (SSSR count). The van der Waals surface area contributed by atoms with Gasteiger partial charge in [0, 0.05) is 17.2 Å². The van der Waals surface area contributed by atoms with Gasteiger partial charge in [-0.25, -0.2) is 9.48 Å². The van der Waals surface area contributed by atoms with E-state index in [1.54, 1.807) is 7.11 Å². The minimum absolute atomic E-state index is 0.158. The van der Waals surface area contributed by atoms with Gasteiger partial charge in [0.15, 0.2) is 0 Å². The Morgan fingerprint density at radius 3 is 2.24 bits per heavy atom. The molecule has 0 fully saturated rings. The summed E-state index contributed by atoms with van der Waals surface area (Å²) in [5, 5.41) is 7.33. The van der Waals surface area contributed by atoms with E-state index in [-0.39, 0.29) is 18.8 Å². The van der Waals surface area contributed by atoms with Crippen molar-refractivity contribution in [3.63, 3.8) is 0 Å². The van der Waals surface area contributed by atoms with Gasteiger partial charge < -0.3 is 24.3 Å². The second kappa shape index (κ2) is 10.8. The van der Waals surface area contributed by atoms with Gasteiger partial charge in [-0.05, 0) is 76.2 Å². The van der Waals surface area contributed by atoms with Gasteiger partial charge in [0.1, 0.15) is 24.7 Å². The molecule has 1 amide bonds. The number of ether oxygens (including phenoxy) is 4. The third kappa shape index (κ3) is 6.90. The van der Waals surface area contributed by atoms with E-state index in [9.17, 15) is 4.79 Å². The Hall–Kier alpha value is -3.68. The molecule has 0 saturated carbocycles. The average Bonchev–Trinajstić information content (AvgIpc) is 3.20. The molecule has 1 heterocycles. The number of nitrogens with one attached hydrogen (secondary N) is 1. The van der Waals surface area contributed by atoms with Crippen LogP contribution in [0, 0.1) is 0 Å². The smallest absolute Gasteiger partial charge is 0.407 e. The number of carbonyl (C=O) groups excluding carboxylic acids is 1. The van der Waals surface area contributed by atoms with Crippen LogP contribution < -0.4 is 19.5 Å².